The minimum atomic E-state index is 0.0938. The zero-order valence-electron chi connectivity index (χ0n) is 14.1. The average Bonchev–Trinajstić information content (AvgIpc) is 3.35. The van der Waals surface area contributed by atoms with Crippen LogP contribution in [0, 0.1) is 11.8 Å². The third-order valence-electron chi connectivity index (χ3n) is 5.51. The van der Waals surface area contributed by atoms with Crippen LogP contribution in [-0.4, -0.2) is 54.3 Å². The number of amides is 2. The lowest BCUT2D eigenvalue weighted by molar-refractivity contribution is -0.138. The summed E-state index contributed by atoms with van der Waals surface area (Å²) < 4.78 is 2.35. The first kappa shape index (κ1) is 17.0. The number of thiophene rings is 2. The molecule has 4 rings (SSSR count). The van der Waals surface area contributed by atoms with Gasteiger partial charge in [-0.3, -0.25) is 9.59 Å². The van der Waals surface area contributed by atoms with Crippen LogP contribution < -0.4 is 5.73 Å². The van der Waals surface area contributed by atoms with Crippen molar-refractivity contribution in [1.29, 1.82) is 0 Å². The molecule has 1 aliphatic heterocycles. The van der Waals surface area contributed by atoms with Crippen LogP contribution in [0.1, 0.15) is 28.9 Å². The van der Waals surface area contributed by atoms with E-state index in [0.29, 0.717) is 38.6 Å². The molecule has 0 spiro atoms. The number of rotatable bonds is 3. The van der Waals surface area contributed by atoms with Gasteiger partial charge in [0, 0.05) is 41.5 Å². The quantitative estimate of drug-likeness (QED) is 0.894. The minimum absolute atomic E-state index is 0.0938. The Morgan fingerprint density at radius 1 is 1.12 bits per heavy atom. The third kappa shape index (κ3) is 3.20. The topological polar surface area (TPSA) is 66.6 Å². The fraction of sp³-hybridized carbons (Fsp3) is 0.556. The molecule has 0 unspecified atom stereocenters. The average molecular weight is 378 g/mol. The van der Waals surface area contributed by atoms with Crippen molar-refractivity contribution in [3.8, 4) is 0 Å². The second kappa shape index (κ2) is 7.05. The standard InChI is InChI=1S/C18H23N3O2S2/c19-11-12-2-1-3-13(12)17(22)20-5-7-21(8-6-20)18(23)16-10-15-14(25-16)4-9-24-15/h4,9-10,12-13H,1-3,5-8,11,19H2/t12-,13-/m1/s1. The van der Waals surface area contributed by atoms with Crippen LogP contribution in [0.25, 0.3) is 9.40 Å². The molecule has 1 saturated heterocycles. The zero-order valence-corrected chi connectivity index (χ0v) is 15.8. The summed E-state index contributed by atoms with van der Waals surface area (Å²) in [6.45, 7) is 3.12. The molecule has 25 heavy (non-hydrogen) atoms. The van der Waals surface area contributed by atoms with E-state index in [4.69, 9.17) is 5.73 Å². The van der Waals surface area contributed by atoms with E-state index in [1.807, 2.05) is 15.9 Å². The van der Waals surface area contributed by atoms with Crippen molar-refractivity contribution >= 4 is 43.9 Å². The number of carbonyl (C=O) groups is 2. The SMILES string of the molecule is NC[C@H]1CCC[C@H]1C(=O)N1CCN(C(=O)c2cc3sccc3s2)CC1. The number of piperazine rings is 1. The number of fused-ring (bicyclic) bond motifs is 1. The van der Waals surface area contributed by atoms with Crippen molar-refractivity contribution in [2.45, 2.75) is 19.3 Å². The Kier molecular flexibility index (Phi) is 4.80. The summed E-state index contributed by atoms with van der Waals surface area (Å²) in [5.74, 6) is 0.778. The molecule has 2 aromatic rings. The van der Waals surface area contributed by atoms with E-state index in [0.717, 1.165) is 24.1 Å². The van der Waals surface area contributed by atoms with Gasteiger partial charge in [0.05, 0.1) is 4.88 Å². The summed E-state index contributed by atoms with van der Waals surface area (Å²) >= 11 is 3.23. The maximum absolute atomic E-state index is 12.8. The van der Waals surface area contributed by atoms with E-state index in [-0.39, 0.29) is 17.7 Å². The predicted octanol–water partition coefficient (Wildman–Crippen LogP) is 2.62. The first-order valence-electron chi connectivity index (χ1n) is 8.92. The summed E-state index contributed by atoms with van der Waals surface area (Å²) in [5.41, 5.74) is 5.82. The van der Waals surface area contributed by atoms with Crippen LogP contribution in [-0.2, 0) is 4.79 Å². The molecule has 2 amide bonds. The minimum Gasteiger partial charge on any atom is -0.339 e. The van der Waals surface area contributed by atoms with E-state index in [9.17, 15) is 9.59 Å². The molecule has 7 heteroatoms. The number of nitrogens with two attached hydrogens (primary N) is 1. The van der Waals surface area contributed by atoms with Crippen molar-refractivity contribution < 1.29 is 9.59 Å². The molecule has 1 saturated carbocycles. The van der Waals surface area contributed by atoms with E-state index in [1.54, 1.807) is 22.7 Å². The highest BCUT2D eigenvalue weighted by molar-refractivity contribution is 7.27. The fourth-order valence-corrected chi connectivity index (χ4v) is 6.11. The van der Waals surface area contributed by atoms with Crippen LogP contribution in [0.15, 0.2) is 17.5 Å². The molecule has 0 bridgehead atoms. The van der Waals surface area contributed by atoms with Crippen LogP contribution >= 0.6 is 22.7 Å². The zero-order chi connectivity index (χ0) is 17.4. The Labute approximate surface area is 155 Å². The molecule has 134 valence electrons. The number of carbonyl (C=O) groups excluding carboxylic acids is 2. The van der Waals surface area contributed by atoms with Crippen molar-refractivity contribution in [2.75, 3.05) is 32.7 Å². The first-order chi connectivity index (χ1) is 12.2. The predicted molar refractivity (Wildman–Crippen MR) is 102 cm³/mol. The van der Waals surface area contributed by atoms with Gasteiger partial charge in [0.25, 0.3) is 5.91 Å². The van der Waals surface area contributed by atoms with Crippen molar-refractivity contribution in [2.24, 2.45) is 17.6 Å². The van der Waals surface area contributed by atoms with Crippen LogP contribution in [0.2, 0.25) is 0 Å². The van der Waals surface area contributed by atoms with Crippen LogP contribution in [0.4, 0.5) is 0 Å². The number of hydrogen-bond acceptors (Lipinski definition) is 5. The molecule has 2 aliphatic rings. The molecule has 2 atom stereocenters. The van der Waals surface area contributed by atoms with Gasteiger partial charge in [-0.15, -0.1) is 22.7 Å². The van der Waals surface area contributed by atoms with Gasteiger partial charge < -0.3 is 15.5 Å². The molecular weight excluding hydrogens is 354 g/mol. The lowest BCUT2D eigenvalue weighted by atomic mass is 9.94. The highest BCUT2D eigenvalue weighted by Crippen LogP contribution is 2.33. The second-order valence-corrected chi connectivity index (χ2v) is 8.94. The monoisotopic (exact) mass is 377 g/mol. The summed E-state index contributed by atoms with van der Waals surface area (Å²) in [7, 11) is 0. The normalized spacial score (nSPS) is 24.2. The summed E-state index contributed by atoms with van der Waals surface area (Å²) in [6, 6.07) is 4.06. The van der Waals surface area contributed by atoms with E-state index >= 15 is 0 Å². The van der Waals surface area contributed by atoms with Gasteiger partial charge in [-0.25, -0.2) is 0 Å². The van der Waals surface area contributed by atoms with Gasteiger partial charge in [0.2, 0.25) is 5.91 Å². The molecule has 3 heterocycles. The smallest absolute Gasteiger partial charge is 0.264 e. The fourth-order valence-electron chi connectivity index (χ4n) is 4.04. The van der Waals surface area contributed by atoms with Crippen molar-refractivity contribution in [3.63, 3.8) is 0 Å². The van der Waals surface area contributed by atoms with Gasteiger partial charge >= 0.3 is 0 Å². The Hall–Kier alpha value is -1.44. The Morgan fingerprint density at radius 3 is 2.60 bits per heavy atom. The highest BCUT2D eigenvalue weighted by Gasteiger charge is 2.36. The molecule has 2 N–H and O–H groups in total. The maximum Gasteiger partial charge on any atom is 0.264 e. The lowest BCUT2D eigenvalue weighted by Gasteiger charge is -2.36. The van der Waals surface area contributed by atoms with Gasteiger partial charge in [-0.05, 0) is 42.8 Å². The van der Waals surface area contributed by atoms with Gasteiger partial charge in [-0.2, -0.15) is 0 Å². The van der Waals surface area contributed by atoms with Gasteiger partial charge in [-0.1, -0.05) is 6.42 Å². The molecule has 5 nitrogen and oxygen atoms in total. The van der Waals surface area contributed by atoms with E-state index in [2.05, 4.69) is 11.4 Å². The van der Waals surface area contributed by atoms with Crippen molar-refractivity contribution in [1.82, 2.24) is 9.80 Å². The molecule has 0 aromatic carbocycles. The Morgan fingerprint density at radius 2 is 1.88 bits per heavy atom. The van der Waals surface area contributed by atoms with E-state index in [1.165, 1.54) is 9.40 Å². The molecule has 2 aromatic heterocycles. The highest BCUT2D eigenvalue weighted by atomic mass is 32.1. The largest absolute Gasteiger partial charge is 0.339 e. The van der Waals surface area contributed by atoms with Crippen LogP contribution in [0.5, 0.6) is 0 Å². The number of hydrogen-bond donors (Lipinski definition) is 1. The summed E-state index contributed by atoms with van der Waals surface area (Å²) in [4.78, 5) is 30.1. The van der Waals surface area contributed by atoms with Crippen molar-refractivity contribution in [3.05, 3.63) is 22.4 Å². The Bertz CT molecular complexity index is 748. The lowest BCUT2D eigenvalue weighted by Crippen LogP contribution is -2.52. The maximum atomic E-state index is 12.8. The van der Waals surface area contributed by atoms with Gasteiger partial charge in [0.1, 0.15) is 0 Å². The first-order valence-corrected chi connectivity index (χ1v) is 10.6. The molecule has 0 radical (unpaired) electrons. The van der Waals surface area contributed by atoms with E-state index < -0.39 is 0 Å². The van der Waals surface area contributed by atoms with Crippen LogP contribution in [0.3, 0.4) is 0 Å². The summed E-state index contributed by atoms with van der Waals surface area (Å²) in [6.07, 6.45) is 3.14. The molecular formula is C18H23N3O2S2. The molecule has 1 aliphatic carbocycles. The second-order valence-electron chi connectivity index (χ2n) is 6.91. The third-order valence-corrected chi connectivity index (χ3v) is 7.59. The van der Waals surface area contributed by atoms with Gasteiger partial charge in [0.15, 0.2) is 0 Å². The summed E-state index contributed by atoms with van der Waals surface area (Å²) in [5, 5.41) is 2.05. The molecule has 2 fully saturated rings. The Balaban J connectivity index is 1.37. The number of nitrogens with zero attached hydrogens (tertiary/aromatic N) is 2.